The molecule has 1 amide bonds. The highest BCUT2D eigenvalue weighted by molar-refractivity contribution is 5.82. The average Bonchev–Trinajstić information content (AvgIpc) is 2.70. The number of hydrogen-bond donors (Lipinski definition) is 2. The molecule has 1 aliphatic heterocycles. The van der Waals surface area contributed by atoms with Crippen LogP contribution in [-0.2, 0) is 4.79 Å². The van der Waals surface area contributed by atoms with E-state index in [0.29, 0.717) is 11.8 Å². The molecule has 1 heterocycles. The molecule has 4 heteroatoms. The molecule has 2 rings (SSSR count). The van der Waals surface area contributed by atoms with Crippen molar-refractivity contribution in [2.45, 2.75) is 19.9 Å². The van der Waals surface area contributed by atoms with E-state index in [1.807, 2.05) is 30.3 Å². The zero-order valence-electron chi connectivity index (χ0n) is 11.0. The van der Waals surface area contributed by atoms with Crippen molar-refractivity contribution < 1.29 is 4.79 Å². The van der Waals surface area contributed by atoms with E-state index in [1.165, 1.54) is 0 Å². The third kappa shape index (κ3) is 2.54. The van der Waals surface area contributed by atoms with E-state index >= 15 is 0 Å². The smallest absolute Gasteiger partial charge is 0.255 e. The molecule has 18 heavy (non-hydrogen) atoms. The number of nitrogens with one attached hydrogen (secondary N) is 1. The number of hydrazine groups is 1. The maximum absolute atomic E-state index is 12.0. The van der Waals surface area contributed by atoms with E-state index in [2.05, 4.69) is 24.2 Å². The minimum absolute atomic E-state index is 0.137. The first-order valence-electron chi connectivity index (χ1n) is 6.43. The lowest BCUT2D eigenvalue weighted by atomic mass is 10.0. The Balaban J connectivity index is 2.24. The molecule has 98 valence electrons. The molecule has 0 radical (unpaired) electrons. The summed E-state index contributed by atoms with van der Waals surface area (Å²) in [5.41, 5.74) is 3.29. The molecule has 1 fully saturated rings. The fourth-order valence-electron chi connectivity index (χ4n) is 2.63. The highest BCUT2D eigenvalue weighted by Gasteiger charge is 2.35. The van der Waals surface area contributed by atoms with Crippen LogP contribution in [0.5, 0.6) is 0 Å². The Labute approximate surface area is 108 Å². The molecule has 0 aromatic heterocycles. The van der Waals surface area contributed by atoms with Crippen molar-refractivity contribution in [3.63, 3.8) is 0 Å². The molecule has 1 aromatic carbocycles. The standard InChI is InChI=1S/C14H21N3O/c1-10-8-17(9-11(10)2)13(14(18)16-15)12-6-4-3-5-7-12/h3-7,10-11,13H,8-9,15H2,1-2H3,(H,16,18). The first-order chi connectivity index (χ1) is 8.63. The molecule has 4 nitrogen and oxygen atoms in total. The Morgan fingerprint density at radius 3 is 2.33 bits per heavy atom. The quantitative estimate of drug-likeness (QED) is 0.481. The number of rotatable bonds is 3. The van der Waals surface area contributed by atoms with Crippen LogP contribution < -0.4 is 11.3 Å². The molecule has 1 saturated heterocycles. The number of carbonyl (C=O) groups excluding carboxylic acids is 1. The molecule has 1 aliphatic rings. The predicted octanol–water partition coefficient (Wildman–Crippen LogP) is 1.31. The number of hydrogen-bond acceptors (Lipinski definition) is 3. The first kappa shape index (κ1) is 13.1. The van der Waals surface area contributed by atoms with Crippen molar-refractivity contribution in [1.82, 2.24) is 10.3 Å². The van der Waals surface area contributed by atoms with Gasteiger partial charge in [0, 0.05) is 13.1 Å². The summed E-state index contributed by atoms with van der Waals surface area (Å²) in [6.45, 7) is 6.34. The van der Waals surface area contributed by atoms with E-state index in [9.17, 15) is 4.79 Å². The molecular formula is C14H21N3O. The van der Waals surface area contributed by atoms with Crippen LogP contribution in [0.4, 0.5) is 0 Å². The van der Waals surface area contributed by atoms with Gasteiger partial charge in [-0.3, -0.25) is 15.1 Å². The summed E-state index contributed by atoms with van der Waals surface area (Å²) in [5.74, 6) is 6.41. The molecule has 3 unspecified atom stereocenters. The third-order valence-electron chi connectivity index (χ3n) is 3.89. The largest absolute Gasteiger partial charge is 0.293 e. The Morgan fingerprint density at radius 2 is 1.83 bits per heavy atom. The summed E-state index contributed by atoms with van der Waals surface area (Å²) in [4.78, 5) is 14.3. The van der Waals surface area contributed by atoms with Crippen LogP contribution in [0.1, 0.15) is 25.5 Å². The van der Waals surface area contributed by atoms with Gasteiger partial charge in [0.15, 0.2) is 0 Å². The van der Waals surface area contributed by atoms with Crippen molar-refractivity contribution in [2.24, 2.45) is 17.7 Å². The second-order valence-electron chi connectivity index (χ2n) is 5.23. The fourth-order valence-corrected chi connectivity index (χ4v) is 2.63. The topological polar surface area (TPSA) is 58.4 Å². The van der Waals surface area contributed by atoms with Gasteiger partial charge in [-0.1, -0.05) is 44.2 Å². The summed E-state index contributed by atoms with van der Waals surface area (Å²) in [6.07, 6.45) is 0. The number of benzene rings is 1. The summed E-state index contributed by atoms with van der Waals surface area (Å²) in [5, 5.41) is 0. The SMILES string of the molecule is CC1CN(C(C(=O)NN)c2ccccc2)CC1C. The van der Waals surface area contributed by atoms with E-state index in [-0.39, 0.29) is 11.9 Å². The van der Waals surface area contributed by atoms with Crippen LogP contribution in [0.2, 0.25) is 0 Å². The molecule has 0 spiro atoms. The van der Waals surface area contributed by atoms with Crippen LogP contribution in [-0.4, -0.2) is 23.9 Å². The second-order valence-corrected chi connectivity index (χ2v) is 5.23. The van der Waals surface area contributed by atoms with Gasteiger partial charge in [-0.05, 0) is 17.4 Å². The fraction of sp³-hybridized carbons (Fsp3) is 0.500. The summed E-state index contributed by atoms with van der Waals surface area (Å²) in [6, 6.07) is 9.55. The number of likely N-dealkylation sites (tertiary alicyclic amines) is 1. The van der Waals surface area contributed by atoms with Gasteiger partial charge in [0.25, 0.3) is 5.91 Å². The third-order valence-corrected chi connectivity index (χ3v) is 3.89. The number of nitrogens with two attached hydrogens (primary N) is 1. The number of nitrogens with zero attached hydrogens (tertiary/aromatic N) is 1. The van der Waals surface area contributed by atoms with Gasteiger partial charge in [0.2, 0.25) is 0 Å². The van der Waals surface area contributed by atoms with Gasteiger partial charge < -0.3 is 0 Å². The zero-order chi connectivity index (χ0) is 13.1. The molecule has 3 N–H and O–H groups in total. The highest BCUT2D eigenvalue weighted by atomic mass is 16.2. The average molecular weight is 247 g/mol. The van der Waals surface area contributed by atoms with Crippen molar-refractivity contribution in [3.05, 3.63) is 35.9 Å². The lowest BCUT2D eigenvalue weighted by Gasteiger charge is -2.26. The predicted molar refractivity (Wildman–Crippen MR) is 71.4 cm³/mol. The Hall–Kier alpha value is -1.39. The molecule has 0 saturated carbocycles. The molecule has 0 aliphatic carbocycles. The number of amides is 1. The Morgan fingerprint density at radius 1 is 1.28 bits per heavy atom. The van der Waals surface area contributed by atoms with Gasteiger partial charge in [0.05, 0.1) is 0 Å². The summed E-state index contributed by atoms with van der Waals surface area (Å²) >= 11 is 0. The maximum Gasteiger partial charge on any atom is 0.255 e. The summed E-state index contributed by atoms with van der Waals surface area (Å²) in [7, 11) is 0. The second kappa shape index (κ2) is 5.50. The molecule has 3 atom stereocenters. The van der Waals surface area contributed by atoms with Crippen molar-refractivity contribution in [2.75, 3.05) is 13.1 Å². The van der Waals surface area contributed by atoms with E-state index < -0.39 is 0 Å². The highest BCUT2D eigenvalue weighted by Crippen LogP contribution is 2.30. The van der Waals surface area contributed by atoms with Gasteiger partial charge in [-0.15, -0.1) is 0 Å². The van der Waals surface area contributed by atoms with Crippen LogP contribution in [0.25, 0.3) is 0 Å². The van der Waals surface area contributed by atoms with E-state index in [4.69, 9.17) is 5.84 Å². The molecule has 1 aromatic rings. The van der Waals surface area contributed by atoms with Crippen LogP contribution in [0.15, 0.2) is 30.3 Å². The Bertz CT molecular complexity index is 397. The number of carbonyl (C=O) groups is 1. The van der Waals surface area contributed by atoms with Crippen LogP contribution in [0, 0.1) is 11.8 Å². The Kier molecular flexibility index (Phi) is 3.99. The molecule has 0 bridgehead atoms. The lowest BCUT2D eigenvalue weighted by molar-refractivity contribution is -0.126. The monoisotopic (exact) mass is 247 g/mol. The van der Waals surface area contributed by atoms with E-state index in [0.717, 1.165) is 18.7 Å². The van der Waals surface area contributed by atoms with Crippen LogP contribution in [0.3, 0.4) is 0 Å². The minimum Gasteiger partial charge on any atom is -0.293 e. The first-order valence-corrected chi connectivity index (χ1v) is 6.43. The van der Waals surface area contributed by atoms with Crippen molar-refractivity contribution >= 4 is 5.91 Å². The lowest BCUT2D eigenvalue weighted by Crippen LogP contribution is -2.42. The summed E-state index contributed by atoms with van der Waals surface area (Å²) < 4.78 is 0. The van der Waals surface area contributed by atoms with Crippen molar-refractivity contribution in [1.29, 1.82) is 0 Å². The van der Waals surface area contributed by atoms with Gasteiger partial charge >= 0.3 is 0 Å². The van der Waals surface area contributed by atoms with E-state index in [1.54, 1.807) is 0 Å². The normalized spacial score (nSPS) is 25.9. The van der Waals surface area contributed by atoms with Crippen LogP contribution >= 0.6 is 0 Å². The van der Waals surface area contributed by atoms with Gasteiger partial charge in [-0.2, -0.15) is 0 Å². The molecular weight excluding hydrogens is 226 g/mol. The van der Waals surface area contributed by atoms with Gasteiger partial charge in [0.1, 0.15) is 6.04 Å². The minimum atomic E-state index is -0.274. The maximum atomic E-state index is 12.0. The van der Waals surface area contributed by atoms with Gasteiger partial charge in [-0.25, -0.2) is 5.84 Å². The zero-order valence-corrected chi connectivity index (χ0v) is 11.0. The van der Waals surface area contributed by atoms with Crippen molar-refractivity contribution in [3.8, 4) is 0 Å².